The summed E-state index contributed by atoms with van der Waals surface area (Å²) in [5.74, 6) is 0.721. The largest absolute Gasteiger partial charge is 0.503 e. The van der Waals surface area contributed by atoms with Gasteiger partial charge in [0.2, 0.25) is 0 Å². The lowest BCUT2D eigenvalue weighted by Gasteiger charge is -2.35. The van der Waals surface area contributed by atoms with Crippen LogP contribution >= 0.6 is 15.9 Å². The number of ether oxygens (including phenoxy) is 1. The molecule has 2 rings (SSSR count). The third kappa shape index (κ3) is 3.67. The molecule has 0 spiro atoms. The molecule has 1 saturated heterocycles. The highest BCUT2D eigenvalue weighted by Gasteiger charge is 2.22. The maximum Gasteiger partial charge on any atom is 0.172 e. The van der Waals surface area contributed by atoms with Crippen molar-refractivity contribution in [3.63, 3.8) is 0 Å². The van der Waals surface area contributed by atoms with Gasteiger partial charge in [-0.05, 0) is 59.4 Å². The SMILES string of the molecule is CCCC1CCCCN1Cc1cc(Br)c(O)c(OC)c1. The topological polar surface area (TPSA) is 32.7 Å². The Morgan fingerprint density at radius 3 is 2.90 bits per heavy atom. The zero-order valence-electron chi connectivity index (χ0n) is 12.4. The molecule has 3 nitrogen and oxygen atoms in total. The van der Waals surface area contributed by atoms with Crippen LogP contribution in [-0.4, -0.2) is 29.7 Å². The van der Waals surface area contributed by atoms with Crippen molar-refractivity contribution >= 4 is 15.9 Å². The van der Waals surface area contributed by atoms with Crippen molar-refractivity contribution in [2.75, 3.05) is 13.7 Å². The van der Waals surface area contributed by atoms with Gasteiger partial charge in [0.05, 0.1) is 11.6 Å². The molecular formula is C16H24BrNO2. The fourth-order valence-electron chi connectivity index (χ4n) is 3.04. The van der Waals surface area contributed by atoms with Crippen LogP contribution in [0.4, 0.5) is 0 Å². The van der Waals surface area contributed by atoms with Crippen molar-refractivity contribution in [3.05, 3.63) is 22.2 Å². The summed E-state index contributed by atoms with van der Waals surface area (Å²) in [6.07, 6.45) is 6.46. The number of methoxy groups -OCH3 is 1. The molecule has 1 atom stereocenters. The molecule has 1 aliphatic rings. The number of benzene rings is 1. The summed E-state index contributed by atoms with van der Waals surface area (Å²) >= 11 is 3.40. The lowest BCUT2D eigenvalue weighted by atomic mass is 9.97. The number of nitrogens with zero attached hydrogens (tertiary/aromatic N) is 1. The van der Waals surface area contributed by atoms with Crippen molar-refractivity contribution in [3.8, 4) is 11.5 Å². The molecular weight excluding hydrogens is 318 g/mol. The van der Waals surface area contributed by atoms with Crippen molar-refractivity contribution in [2.45, 2.75) is 51.6 Å². The van der Waals surface area contributed by atoms with E-state index in [4.69, 9.17) is 4.74 Å². The Labute approximate surface area is 130 Å². The Bertz CT molecular complexity index is 448. The van der Waals surface area contributed by atoms with Gasteiger partial charge in [0.15, 0.2) is 11.5 Å². The third-order valence-corrected chi connectivity index (χ3v) is 4.67. The minimum Gasteiger partial charge on any atom is -0.503 e. The molecule has 112 valence electrons. The van der Waals surface area contributed by atoms with E-state index in [-0.39, 0.29) is 5.75 Å². The van der Waals surface area contributed by atoms with Crippen molar-refractivity contribution in [2.24, 2.45) is 0 Å². The van der Waals surface area contributed by atoms with E-state index in [1.807, 2.05) is 12.1 Å². The summed E-state index contributed by atoms with van der Waals surface area (Å²) in [4.78, 5) is 2.57. The van der Waals surface area contributed by atoms with Gasteiger partial charge in [0.25, 0.3) is 0 Å². The van der Waals surface area contributed by atoms with Crippen LogP contribution in [0.5, 0.6) is 11.5 Å². The van der Waals surface area contributed by atoms with Crippen molar-refractivity contribution in [1.29, 1.82) is 0 Å². The standard InChI is InChI=1S/C16H24BrNO2/c1-3-6-13-7-4-5-8-18(13)11-12-9-14(17)16(19)15(10-12)20-2/h9-10,13,19H,3-8,11H2,1-2H3. The lowest BCUT2D eigenvalue weighted by Crippen LogP contribution is -2.38. The number of phenols is 1. The molecule has 1 unspecified atom stereocenters. The van der Waals surface area contributed by atoms with Crippen molar-refractivity contribution < 1.29 is 9.84 Å². The smallest absolute Gasteiger partial charge is 0.172 e. The van der Waals surface area contributed by atoms with Crippen LogP contribution in [0.15, 0.2) is 16.6 Å². The first-order chi connectivity index (χ1) is 9.65. The third-order valence-electron chi connectivity index (χ3n) is 4.06. The molecule has 1 aliphatic heterocycles. The number of halogens is 1. The van der Waals surface area contributed by atoms with Gasteiger partial charge in [-0.15, -0.1) is 0 Å². The van der Waals surface area contributed by atoms with Gasteiger partial charge < -0.3 is 9.84 Å². The number of piperidine rings is 1. The average Bonchev–Trinajstić information content (AvgIpc) is 2.45. The van der Waals surface area contributed by atoms with Gasteiger partial charge >= 0.3 is 0 Å². The second-order valence-electron chi connectivity index (χ2n) is 5.54. The highest BCUT2D eigenvalue weighted by atomic mass is 79.9. The molecule has 0 aromatic heterocycles. The van der Waals surface area contributed by atoms with Gasteiger partial charge in [0, 0.05) is 12.6 Å². The second kappa shape index (κ2) is 7.32. The lowest BCUT2D eigenvalue weighted by molar-refractivity contribution is 0.131. The fourth-order valence-corrected chi connectivity index (χ4v) is 3.53. The van der Waals surface area contributed by atoms with Crippen LogP contribution in [0, 0.1) is 0 Å². The highest BCUT2D eigenvalue weighted by Crippen LogP contribution is 2.36. The zero-order chi connectivity index (χ0) is 14.5. The van der Waals surface area contributed by atoms with Gasteiger partial charge in [-0.25, -0.2) is 0 Å². The van der Waals surface area contributed by atoms with Crippen LogP contribution in [0.1, 0.15) is 44.6 Å². The first-order valence-corrected chi connectivity index (χ1v) is 8.24. The number of hydrogen-bond donors (Lipinski definition) is 1. The Balaban J connectivity index is 2.13. The zero-order valence-corrected chi connectivity index (χ0v) is 13.9. The molecule has 0 saturated carbocycles. The molecule has 0 aliphatic carbocycles. The van der Waals surface area contributed by atoms with E-state index in [0.717, 1.165) is 6.54 Å². The highest BCUT2D eigenvalue weighted by molar-refractivity contribution is 9.10. The van der Waals surface area contributed by atoms with Crippen molar-refractivity contribution in [1.82, 2.24) is 4.90 Å². The minimum atomic E-state index is 0.181. The average molecular weight is 342 g/mol. The normalized spacial score (nSPS) is 20.1. The second-order valence-corrected chi connectivity index (χ2v) is 6.39. The van der Waals surface area contributed by atoms with Crippen LogP contribution in [-0.2, 0) is 6.54 Å². The predicted molar refractivity (Wildman–Crippen MR) is 85.3 cm³/mol. The first kappa shape index (κ1) is 15.6. The quantitative estimate of drug-likeness (QED) is 0.865. The Kier molecular flexibility index (Phi) is 5.73. The van der Waals surface area contributed by atoms with E-state index in [1.165, 1.54) is 44.2 Å². The van der Waals surface area contributed by atoms with Gasteiger partial charge in [-0.3, -0.25) is 4.90 Å². The van der Waals surface area contributed by atoms with E-state index >= 15 is 0 Å². The molecule has 1 N–H and O–H groups in total. The van der Waals surface area contributed by atoms with E-state index in [0.29, 0.717) is 16.3 Å². The summed E-state index contributed by atoms with van der Waals surface area (Å²) in [5.41, 5.74) is 1.19. The molecule has 0 radical (unpaired) electrons. The monoisotopic (exact) mass is 341 g/mol. The summed E-state index contributed by atoms with van der Waals surface area (Å²) in [6, 6.07) is 4.64. The fraction of sp³-hybridized carbons (Fsp3) is 0.625. The van der Waals surface area contributed by atoms with Gasteiger partial charge in [-0.1, -0.05) is 19.8 Å². The maximum absolute atomic E-state index is 9.88. The molecule has 1 aromatic rings. The van der Waals surface area contributed by atoms with E-state index in [9.17, 15) is 5.11 Å². The Morgan fingerprint density at radius 1 is 1.40 bits per heavy atom. The number of phenolic OH excluding ortho intramolecular Hbond substituents is 1. The Hall–Kier alpha value is -0.740. The number of rotatable bonds is 5. The van der Waals surface area contributed by atoms with Gasteiger partial charge in [-0.2, -0.15) is 0 Å². The van der Waals surface area contributed by atoms with Crippen LogP contribution in [0.3, 0.4) is 0 Å². The van der Waals surface area contributed by atoms with Crippen LogP contribution < -0.4 is 4.74 Å². The molecule has 0 amide bonds. The van der Waals surface area contributed by atoms with E-state index in [1.54, 1.807) is 7.11 Å². The van der Waals surface area contributed by atoms with E-state index in [2.05, 4.69) is 27.8 Å². The molecule has 20 heavy (non-hydrogen) atoms. The number of likely N-dealkylation sites (tertiary alicyclic amines) is 1. The Morgan fingerprint density at radius 2 is 2.20 bits per heavy atom. The molecule has 1 fully saturated rings. The molecule has 1 heterocycles. The number of hydrogen-bond acceptors (Lipinski definition) is 3. The molecule has 1 aromatic carbocycles. The molecule has 0 bridgehead atoms. The maximum atomic E-state index is 9.88. The minimum absolute atomic E-state index is 0.181. The van der Waals surface area contributed by atoms with E-state index < -0.39 is 0 Å². The number of aromatic hydroxyl groups is 1. The van der Waals surface area contributed by atoms with Gasteiger partial charge in [0.1, 0.15) is 0 Å². The first-order valence-electron chi connectivity index (χ1n) is 7.45. The molecule has 4 heteroatoms. The summed E-state index contributed by atoms with van der Waals surface area (Å²) in [7, 11) is 1.59. The summed E-state index contributed by atoms with van der Waals surface area (Å²) < 4.78 is 5.94. The predicted octanol–water partition coefficient (Wildman–Crippen LogP) is 4.32. The van der Waals surface area contributed by atoms with Crippen LogP contribution in [0.25, 0.3) is 0 Å². The summed E-state index contributed by atoms with van der Waals surface area (Å²) in [5, 5.41) is 9.88. The summed E-state index contributed by atoms with van der Waals surface area (Å²) in [6.45, 7) is 4.36. The van der Waals surface area contributed by atoms with Crippen LogP contribution in [0.2, 0.25) is 0 Å².